The van der Waals surface area contributed by atoms with E-state index in [-0.39, 0.29) is 60.0 Å². The molecule has 62 valence electrons. The minimum atomic E-state index is -1.40. The molecule has 0 aromatic heterocycles. The van der Waals surface area contributed by atoms with Crippen LogP contribution in [0.2, 0.25) is 0 Å². The molecule has 0 aliphatic heterocycles. The zero-order valence-corrected chi connectivity index (χ0v) is 11.1. The third-order valence-electron chi connectivity index (χ3n) is 1.33. The van der Waals surface area contributed by atoms with Gasteiger partial charge < -0.3 is 19.8 Å². The Hall–Kier alpha value is -0.269. The summed E-state index contributed by atoms with van der Waals surface area (Å²) in [6.45, 7) is 0. The Kier molecular flexibility index (Phi) is 5.35. The van der Waals surface area contributed by atoms with Crippen LogP contribution in [0.25, 0.3) is 0 Å². The molecule has 0 aliphatic carbocycles. The van der Waals surface area contributed by atoms with Crippen molar-refractivity contribution in [2.45, 2.75) is 0 Å². The molecule has 0 radical (unpaired) electrons. The van der Waals surface area contributed by atoms with E-state index in [9.17, 15) is 19.8 Å². The molecule has 1 aromatic rings. The summed E-state index contributed by atoms with van der Waals surface area (Å²) in [6, 6.07) is 4.81. The number of carbonyl (C=O) groups excluding carboxylic acids is 2. The summed E-state index contributed by atoms with van der Waals surface area (Å²) in [7, 11) is 0. The molecular formula is C8H4BaO4. The molecule has 0 unspecified atom stereocenters. The van der Waals surface area contributed by atoms with E-state index in [0.717, 1.165) is 6.07 Å². The van der Waals surface area contributed by atoms with E-state index < -0.39 is 11.9 Å². The largest absolute Gasteiger partial charge is 2.00 e. The summed E-state index contributed by atoms with van der Waals surface area (Å²) in [5, 5.41) is 20.5. The molecular weight excluding hydrogens is 297 g/mol. The van der Waals surface area contributed by atoms with Gasteiger partial charge >= 0.3 is 48.9 Å². The molecule has 1 rings (SSSR count). The first-order valence-corrected chi connectivity index (χ1v) is 3.14. The number of carboxylic acids is 2. The predicted molar refractivity (Wildman–Crippen MR) is 40.9 cm³/mol. The van der Waals surface area contributed by atoms with Gasteiger partial charge in [-0.1, -0.05) is 18.2 Å². The van der Waals surface area contributed by atoms with Gasteiger partial charge in [-0.15, -0.1) is 0 Å². The molecule has 0 spiro atoms. The molecule has 0 bridgehead atoms. The van der Waals surface area contributed by atoms with Gasteiger partial charge in [-0.3, -0.25) is 0 Å². The van der Waals surface area contributed by atoms with Crippen molar-refractivity contribution in [3.63, 3.8) is 0 Å². The summed E-state index contributed by atoms with van der Waals surface area (Å²) in [5.41, 5.74) is -0.339. The number of rotatable bonds is 2. The topological polar surface area (TPSA) is 80.3 Å². The van der Waals surface area contributed by atoms with E-state index in [1.807, 2.05) is 0 Å². The maximum Gasteiger partial charge on any atom is 2.00 e. The maximum absolute atomic E-state index is 10.3. The molecule has 0 saturated heterocycles. The zero-order chi connectivity index (χ0) is 9.14. The summed E-state index contributed by atoms with van der Waals surface area (Å²) in [6.07, 6.45) is 0. The van der Waals surface area contributed by atoms with Crippen molar-refractivity contribution in [1.82, 2.24) is 0 Å². The first kappa shape index (κ1) is 12.7. The van der Waals surface area contributed by atoms with E-state index in [2.05, 4.69) is 0 Å². The van der Waals surface area contributed by atoms with Gasteiger partial charge in [-0.05, 0) is 17.2 Å². The van der Waals surface area contributed by atoms with Crippen molar-refractivity contribution in [3.05, 3.63) is 35.4 Å². The van der Waals surface area contributed by atoms with Gasteiger partial charge in [0.05, 0.1) is 11.9 Å². The van der Waals surface area contributed by atoms with Crippen LogP contribution in [0.3, 0.4) is 0 Å². The van der Waals surface area contributed by atoms with Crippen LogP contribution in [-0.2, 0) is 0 Å². The van der Waals surface area contributed by atoms with Crippen LogP contribution in [0.5, 0.6) is 0 Å². The number of benzene rings is 1. The minimum Gasteiger partial charge on any atom is -0.545 e. The van der Waals surface area contributed by atoms with Crippen molar-refractivity contribution in [2.24, 2.45) is 0 Å². The van der Waals surface area contributed by atoms with Gasteiger partial charge in [0.15, 0.2) is 0 Å². The molecule has 0 atom stereocenters. The van der Waals surface area contributed by atoms with Crippen molar-refractivity contribution >= 4 is 60.8 Å². The SMILES string of the molecule is O=C([O-])c1cccc(C(=O)[O-])c1.[Ba+2]. The Morgan fingerprint density at radius 2 is 1.38 bits per heavy atom. The van der Waals surface area contributed by atoms with Crippen LogP contribution in [0.1, 0.15) is 20.7 Å². The minimum absolute atomic E-state index is 0. The van der Waals surface area contributed by atoms with E-state index in [1.165, 1.54) is 18.2 Å². The maximum atomic E-state index is 10.3. The summed E-state index contributed by atoms with van der Waals surface area (Å²) < 4.78 is 0. The van der Waals surface area contributed by atoms with E-state index in [1.54, 1.807) is 0 Å². The molecule has 0 amide bonds. The van der Waals surface area contributed by atoms with Gasteiger partial charge in [-0.2, -0.15) is 0 Å². The summed E-state index contributed by atoms with van der Waals surface area (Å²) in [4.78, 5) is 20.5. The monoisotopic (exact) mass is 302 g/mol. The number of hydrogen-bond donors (Lipinski definition) is 0. The Balaban J connectivity index is 0.00000144. The van der Waals surface area contributed by atoms with Gasteiger partial charge in [-0.25, -0.2) is 0 Å². The number of aromatic carboxylic acids is 2. The fraction of sp³-hybridized carbons (Fsp3) is 0. The Bertz CT molecular complexity index is 305. The van der Waals surface area contributed by atoms with Gasteiger partial charge in [0.1, 0.15) is 0 Å². The van der Waals surface area contributed by atoms with Crippen LogP contribution < -0.4 is 10.2 Å². The molecule has 0 saturated carbocycles. The van der Waals surface area contributed by atoms with Crippen LogP contribution in [0, 0.1) is 0 Å². The fourth-order valence-corrected chi connectivity index (χ4v) is 0.773. The van der Waals surface area contributed by atoms with E-state index in [4.69, 9.17) is 0 Å². The third-order valence-corrected chi connectivity index (χ3v) is 1.33. The first-order valence-electron chi connectivity index (χ1n) is 3.14. The molecule has 13 heavy (non-hydrogen) atoms. The van der Waals surface area contributed by atoms with Crippen LogP contribution >= 0.6 is 0 Å². The quantitative estimate of drug-likeness (QED) is 0.594. The summed E-state index contributed by atoms with van der Waals surface area (Å²) in [5.74, 6) is -2.81. The average molecular weight is 301 g/mol. The fourth-order valence-electron chi connectivity index (χ4n) is 0.773. The van der Waals surface area contributed by atoms with Crippen LogP contribution in [0.15, 0.2) is 24.3 Å². The zero-order valence-electron chi connectivity index (χ0n) is 6.65. The second kappa shape index (κ2) is 5.46. The average Bonchev–Trinajstić information content (AvgIpc) is 2.04. The normalized spacial score (nSPS) is 8.62. The van der Waals surface area contributed by atoms with Gasteiger partial charge in [0.25, 0.3) is 0 Å². The standard InChI is InChI=1S/C8H6O4.Ba/c9-7(10)5-2-1-3-6(4-5)8(11)12;/h1-4H,(H,9,10)(H,11,12);/q;+2/p-2. The number of carboxylic acid groups (broad SMARTS) is 2. The predicted octanol–water partition coefficient (Wildman–Crippen LogP) is -1.97. The smallest absolute Gasteiger partial charge is 0.545 e. The second-order valence-electron chi connectivity index (χ2n) is 2.16. The van der Waals surface area contributed by atoms with Crippen molar-refractivity contribution in [1.29, 1.82) is 0 Å². The Morgan fingerprint density at radius 1 is 1.00 bits per heavy atom. The van der Waals surface area contributed by atoms with E-state index >= 15 is 0 Å². The molecule has 0 aliphatic rings. The molecule has 5 heteroatoms. The van der Waals surface area contributed by atoms with E-state index in [0.29, 0.717) is 0 Å². The Labute approximate surface area is 115 Å². The second-order valence-corrected chi connectivity index (χ2v) is 2.16. The molecule has 1 aromatic carbocycles. The molecule has 4 nitrogen and oxygen atoms in total. The van der Waals surface area contributed by atoms with Crippen LogP contribution in [0.4, 0.5) is 0 Å². The van der Waals surface area contributed by atoms with Crippen molar-refractivity contribution in [3.8, 4) is 0 Å². The first-order chi connectivity index (χ1) is 5.61. The van der Waals surface area contributed by atoms with Gasteiger partial charge in [0.2, 0.25) is 0 Å². The van der Waals surface area contributed by atoms with Crippen molar-refractivity contribution < 1.29 is 19.8 Å². The third kappa shape index (κ3) is 3.53. The molecule has 0 heterocycles. The molecule has 0 N–H and O–H groups in total. The van der Waals surface area contributed by atoms with Gasteiger partial charge in [0, 0.05) is 0 Å². The summed E-state index contributed by atoms with van der Waals surface area (Å²) >= 11 is 0. The molecule has 0 fully saturated rings. The Morgan fingerprint density at radius 3 is 1.69 bits per heavy atom. The number of carbonyl (C=O) groups is 2. The van der Waals surface area contributed by atoms with Crippen molar-refractivity contribution in [2.75, 3.05) is 0 Å². The van der Waals surface area contributed by atoms with Crippen LogP contribution in [-0.4, -0.2) is 60.8 Å². The number of hydrogen-bond acceptors (Lipinski definition) is 4.